The van der Waals surface area contributed by atoms with E-state index in [9.17, 15) is 19.7 Å². The minimum Gasteiger partial charge on any atom is -0.459 e. The number of furan rings is 1. The fraction of sp³-hybridized carbons (Fsp3) is 0.182. The van der Waals surface area contributed by atoms with Crippen LogP contribution in [0.15, 0.2) is 71.3 Å². The quantitative estimate of drug-likeness (QED) is 0.501. The van der Waals surface area contributed by atoms with Gasteiger partial charge in [-0.15, -0.1) is 0 Å². The van der Waals surface area contributed by atoms with Crippen molar-refractivity contribution in [3.8, 4) is 0 Å². The van der Waals surface area contributed by atoms with Gasteiger partial charge >= 0.3 is 0 Å². The van der Waals surface area contributed by atoms with Crippen LogP contribution in [0, 0.1) is 10.1 Å². The van der Waals surface area contributed by atoms with Crippen LogP contribution in [0.1, 0.15) is 20.9 Å². The number of nitro groups is 1. The molecule has 1 N–H and O–H groups in total. The molecule has 2 amide bonds. The van der Waals surface area contributed by atoms with Gasteiger partial charge < -0.3 is 19.5 Å². The van der Waals surface area contributed by atoms with Crippen molar-refractivity contribution in [2.45, 2.75) is 0 Å². The fourth-order valence-corrected chi connectivity index (χ4v) is 3.50. The van der Waals surface area contributed by atoms with E-state index in [2.05, 4.69) is 10.2 Å². The van der Waals surface area contributed by atoms with Gasteiger partial charge in [-0.3, -0.25) is 19.7 Å². The largest absolute Gasteiger partial charge is 0.459 e. The fourth-order valence-electron chi connectivity index (χ4n) is 3.50. The van der Waals surface area contributed by atoms with E-state index in [0.29, 0.717) is 37.6 Å². The minimum atomic E-state index is -0.575. The molecule has 0 aliphatic carbocycles. The summed E-state index contributed by atoms with van der Waals surface area (Å²) in [5.41, 5.74) is 1.28. The van der Waals surface area contributed by atoms with E-state index < -0.39 is 10.8 Å². The van der Waals surface area contributed by atoms with Gasteiger partial charge in [0.15, 0.2) is 5.76 Å². The number of nitrogens with zero attached hydrogens (tertiary/aromatic N) is 3. The third-order valence-corrected chi connectivity index (χ3v) is 5.13. The molecular weight excluding hydrogens is 400 g/mol. The number of carbonyl (C=O) groups is 2. The first-order valence-electron chi connectivity index (χ1n) is 9.75. The second-order valence-electron chi connectivity index (χ2n) is 7.03. The van der Waals surface area contributed by atoms with E-state index in [4.69, 9.17) is 4.42 Å². The van der Waals surface area contributed by atoms with Gasteiger partial charge in [0.1, 0.15) is 5.56 Å². The molecule has 0 bridgehead atoms. The van der Waals surface area contributed by atoms with Crippen LogP contribution in [0.4, 0.5) is 17.1 Å². The van der Waals surface area contributed by atoms with E-state index in [0.717, 1.165) is 5.69 Å². The van der Waals surface area contributed by atoms with Crippen molar-refractivity contribution in [3.05, 3.63) is 88.4 Å². The highest BCUT2D eigenvalue weighted by atomic mass is 16.6. The number of hydrogen-bond acceptors (Lipinski definition) is 6. The highest BCUT2D eigenvalue weighted by Crippen LogP contribution is 2.23. The molecule has 0 spiro atoms. The highest BCUT2D eigenvalue weighted by Gasteiger charge is 2.24. The van der Waals surface area contributed by atoms with E-state index in [1.54, 1.807) is 35.2 Å². The van der Waals surface area contributed by atoms with Crippen LogP contribution in [0.5, 0.6) is 0 Å². The van der Waals surface area contributed by atoms with Crippen molar-refractivity contribution in [2.75, 3.05) is 36.4 Å². The number of amides is 2. The molecule has 0 unspecified atom stereocenters. The number of rotatable bonds is 5. The standard InChI is InChI=1S/C22H20N4O5/c27-21(18-4-1-2-5-19(18)26(29)30)23-16-7-9-17(10-8-16)24-11-13-25(14-12-24)22(28)20-6-3-15-31-20/h1-10,15H,11-14H2,(H,23,27). The summed E-state index contributed by atoms with van der Waals surface area (Å²) >= 11 is 0. The van der Waals surface area contributed by atoms with Gasteiger partial charge in [0.05, 0.1) is 11.2 Å². The van der Waals surface area contributed by atoms with Gasteiger partial charge in [-0.05, 0) is 42.5 Å². The summed E-state index contributed by atoms with van der Waals surface area (Å²) in [4.78, 5) is 39.3. The van der Waals surface area contributed by atoms with Gasteiger partial charge in [0, 0.05) is 43.6 Å². The first-order chi connectivity index (χ1) is 15.0. The topological polar surface area (TPSA) is 109 Å². The summed E-state index contributed by atoms with van der Waals surface area (Å²) in [5.74, 6) is -0.310. The van der Waals surface area contributed by atoms with Crippen LogP contribution < -0.4 is 10.2 Å². The Morgan fingerprint density at radius 1 is 0.935 bits per heavy atom. The van der Waals surface area contributed by atoms with E-state index in [1.807, 2.05) is 12.1 Å². The minimum absolute atomic E-state index is 0.00826. The molecule has 0 saturated carbocycles. The van der Waals surface area contributed by atoms with Crippen molar-refractivity contribution in [2.24, 2.45) is 0 Å². The zero-order valence-electron chi connectivity index (χ0n) is 16.6. The molecule has 0 radical (unpaired) electrons. The molecule has 9 heteroatoms. The second-order valence-corrected chi connectivity index (χ2v) is 7.03. The first-order valence-corrected chi connectivity index (χ1v) is 9.75. The van der Waals surface area contributed by atoms with Crippen LogP contribution in [0.2, 0.25) is 0 Å². The molecular formula is C22H20N4O5. The predicted molar refractivity (Wildman–Crippen MR) is 114 cm³/mol. The summed E-state index contributed by atoms with van der Waals surface area (Å²) in [5, 5.41) is 13.8. The van der Waals surface area contributed by atoms with Gasteiger partial charge in [-0.1, -0.05) is 12.1 Å². The number of anilines is 2. The van der Waals surface area contributed by atoms with Crippen LogP contribution in [0.25, 0.3) is 0 Å². The molecule has 2 heterocycles. The summed E-state index contributed by atoms with van der Waals surface area (Å²) in [6.45, 7) is 2.51. The number of hydrogen-bond donors (Lipinski definition) is 1. The Morgan fingerprint density at radius 3 is 2.29 bits per heavy atom. The number of carbonyl (C=O) groups excluding carboxylic acids is 2. The monoisotopic (exact) mass is 420 g/mol. The molecule has 1 aromatic heterocycles. The highest BCUT2D eigenvalue weighted by molar-refractivity contribution is 6.07. The molecule has 1 saturated heterocycles. The maximum absolute atomic E-state index is 12.5. The van der Waals surface area contributed by atoms with Crippen molar-refractivity contribution in [1.82, 2.24) is 4.90 Å². The summed E-state index contributed by atoms with van der Waals surface area (Å²) in [6, 6.07) is 16.4. The molecule has 0 atom stereocenters. The molecule has 1 aliphatic rings. The Hall–Kier alpha value is -4.14. The zero-order valence-corrected chi connectivity index (χ0v) is 16.6. The Bertz CT molecular complexity index is 1090. The zero-order chi connectivity index (χ0) is 21.8. The van der Waals surface area contributed by atoms with Crippen molar-refractivity contribution in [3.63, 3.8) is 0 Å². The maximum atomic E-state index is 12.5. The predicted octanol–water partition coefficient (Wildman–Crippen LogP) is 3.40. The second kappa shape index (κ2) is 8.70. The molecule has 3 aromatic rings. The third-order valence-electron chi connectivity index (χ3n) is 5.13. The van der Waals surface area contributed by atoms with E-state index >= 15 is 0 Å². The van der Waals surface area contributed by atoms with Gasteiger partial charge in [0.2, 0.25) is 0 Å². The average molecular weight is 420 g/mol. The van der Waals surface area contributed by atoms with Crippen LogP contribution >= 0.6 is 0 Å². The lowest BCUT2D eigenvalue weighted by atomic mass is 10.1. The lowest BCUT2D eigenvalue weighted by Gasteiger charge is -2.35. The summed E-state index contributed by atoms with van der Waals surface area (Å²) in [6.07, 6.45) is 1.49. The van der Waals surface area contributed by atoms with Crippen LogP contribution in [0.3, 0.4) is 0 Å². The number of benzene rings is 2. The molecule has 2 aromatic carbocycles. The van der Waals surface area contributed by atoms with Crippen molar-refractivity contribution in [1.29, 1.82) is 0 Å². The Balaban J connectivity index is 1.36. The Kier molecular flexibility index (Phi) is 5.65. The van der Waals surface area contributed by atoms with Gasteiger partial charge in [-0.25, -0.2) is 0 Å². The normalized spacial score (nSPS) is 13.7. The lowest BCUT2D eigenvalue weighted by Crippen LogP contribution is -2.48. The smallest absolute Gasteiger partial charge is 0.289 e. The number of nitrogens with one attached hydrogen (secondary N) is 1. The number of para-hydroxylation sites is 1. The average Bonchev–Trinajstić information content (AvgIpc) is 3.34. The lowest BCUT2D eigenvalue weighted by molar-refractivity contribution is -0.385. The van der Waals surface area contributed by atoms with E-state index in [-0.39, 0.29) is 17.2 Å². The molecule has 1 fully saturated rings. The summed E-state index contributed by atoms with van der Waals surface area (Å²) < 4.78 is 5.18. The molecule has 158 valence electrons. The Morgan fingerprint density at radius 2 is 1.65 bits per heavy atom. The third kappa shape index (κ3) is 4.40. The molecule has 1 aliphatic heterocycles. The molecule has 4 rings (SSSR count). The number of piperazine rings is 1. The van der Waals surface area contributed by atoms with Crippen LogP contribution in [-0.2, 0) is 0 Å². The Labute approximate surface area is 178 Å². The first kappa shape index (κ1) is 20.1. The van der Waals surface area contributed by atoms with Gasteiger partial charge in [-0.2, -0.15) is 0 Å². The number of nitro benzene ring substituents is 1. The van der Waals surface area contributed by atoms with Crippen molar-refractivity contribution < 1.29 is 18.9 Å². The molecule has 31 heavy (non-hydrogen) atoms. The van der Waals surface area contributed by atoms with Gasteiger partial charge in [0.25, 0.3) is 17.5 Å². The van der Waals surface area contributed by atoms with E-state index in [1.165, 1.54) is 24.5 Å². The van der Waals surface area contributed by atoms with Crippen molar-refractivity contribution >= 4 is 28.9 Å². The SMILES string of the molecule is O=C(Nc1ccc(N2CCN(C(=O)c3ccco3)CC2)cc1)c1ccccc1[N+](=O)[O-]. The molecule has 9 nitrogen and oxygen atoms in total. The van der Waals surface area contributed by atoms with Crippen LogP contribution in [-0.4, -0.2) is 47.8 Å². The maximum Gasteiger partial charge on any atom is 0.289 e. The summed E-state index contributed by atoms with van der Waals surface area (Å²) in [7, 11) is 0.